The third kappa shape index (κ3) is 3.00. The Balaban J connectivity index is 2.08. The Morgan fingerprint density at radius 2 is 1.61 bits per heavy atom. The summed E-state index contributed by atoms with van der Waals surface area (Å²) < 4.78 is 69.8. The molecule has 8 heteroatoms. The van der Waals surface area contributed by atoms with E-state index in [1.54, 1.807) is 6.07 Å². The van der Waals surface area contributed by atoms with Gasteiger partial charge in [0.25, 0.3) is 0 Å². The zero-order valence-electron chi connectivity index (χ0n) is 14.4. The van der Waals surface area contributed by atoms with E-state index in [2.05, 4.69) is 10.1 Å². The molecule has 0 aliphatic heterocycles. The minimum absolute atomic E-state index is 0.0162. The lowest BCUT2D eigenvalue weighted by molar-refractivity contribution is -0.136. The van der Waals surface area contributed by atoms with Gasteiger partial charge in [-0.15, -0.1) is 0 Å². The summed E-state index contributed by atoms with van der Waals surface area (Å²) in [6.07, 6.45) is -4.68. The van der Waals surface area contributed by atoms with E-state index in [0.29, 0.717) is 5.56 Å². The van der Waals surface area contributed by atoms with Gasteiger partial charge in [-0.05, 0) is 49.4 Å². The summed E-state index contributed by atoms with van der Waals surface area (Å²) in [5, 5.41) is 3.89. The summed E-state index contributed by atoms with van der Waals surface area (Å²) in [6, 6.07) is 11.4. The first-order chi connectivity index (χ1) is 13.3. The molecule has 3 nitrogen and oxygen atoms in total. The number of aromatic nitrogens is 3. The molecule has 4 aromatic rings. The molecule has 142 valence electrons. The van der Waals surface area contributed by atoms with Crippen LogP contribution in [0.15, 0.2) is 54.6 Å². The number of rotatable bonds is 2. The molecule has 0 atom stereocenters. The third-order valence-electron chi connectivity index (χ3n) is 4.34. The van der Waals surface area contributed by atoms with Crippen LogP contribution in [0, 0.1) is 18.6 Å². The van der Waals surface area contributed by atoms with Crippen molar-refractivity contribution in [3.63, 3.8) is 0 Å². The molecule has 2 aromatic carbocycles. The minimum Gasteiger partial charge on any atom is -0.228 e. The van der Waals surface area contributed by atoms with Gasteiger partial charge in [0, 0.05) is 5.56 Å². The summed E-state index contributed by atoms with van der Waals surface area (Å²) in [4.78, 5) is 4.30. The molecule has 0 aliphatic rings. The second-order valence-electron chi connectivity index (χ2n) is 6.21. The van der Waals surface area contributed by atoms with Crippen molar-refractivity contribution in [2.75, 3.05) is 0 Å². The van der Waals surface area contributed by atoms with E-state index in [4.69, 9.17) is 0 Å². The molecule has 0 radical (unpaired) electrons. The molecule has 0 amide bonds. The topological polar surface area (TPSA) is 30.7 Å². The maximum Gasteiger partial charge on any atom is 0.417 e. The van der Waals surface area contributed by atoms with Gasteiger partial charge in [-0.1, -0.05) is 12.1 Å². The Morgan fingerprint density at radius 1 is 0.929 bits per heavy atom. The Kier molecular flexibility index (Phi) is 4.14. The zero-order valence-corrected chi connectivity index (χ0v) is 14.4. The van der Waals surface area contributed by atoms with E-state index < -0.39 is 23.4 Å². The molecule has 2 heterocycles. The van der Waals surface area contributed by atoms with Gasteiger partial charge < -0.3 is 0 Å². The quantitative estimate of drug-likeness (QED) is 0.412. The number of fused-ring (bicyclic) bond motifs is 1. The molecule has 0 bridgehead atoms. The van der Waals surface area contributed by atoms with Crippen molar-refractivity contribution in [3.05, 3.63) is 77.5 Å². The first kappa shape index (κ1) is 18.1. The van der Waals surface area contributed by atoms with Crippen molar-refractivity contribution in [2.45, 2.75) is 13.1 Å². The normalized spacial score (nSPS) is 11.9. The van der Waals surface area contributed by atoms with Crippen LogP contribution in [-0.2, 0) is 6.18 Å². The van der Waals surface area contributed by atoms with Crippen LogP contribution in [0.2, 0.25) is 0 Å². The molecule has 0 unspecified atom stereocenters. The van der Waals surface area contributed by atoms with E-state index in [9.17, 15) is 22.0 Å². The number of nitrogens with zero attached hydrogens (tertiary/aromatic N) is 3. The van der Waals surface area contributed by atoms with Crippen molar-refractivity contribution in [1.82, 2.24) is 14.8 Å². The Bertz CT molecular complexity index is 1180. The number of para-hydroxylation sites is 1. The van der Waals surface area contributed by atoms with Crippen molar-refractivity contribution in [2.24, 2.45) is 0 Å². The highest BCUT2D eigenvalue weighted by Gasteiger charge is 2.36. The van der Waals surface area contributed by atoms with E-state index >= 15 is 0 Å². The predicted octanol–water partition coefficient (Wildman–Crippen LogP) is 5.69. The monoisotopic (exact) mass is 389 g/mol. The molecule has 0 fully saturated rings. The van der Waals surface area contributed by atoms with Gasteiger partial charge >= 0.3 is 6.18 Å². The van der Waals surface area contributed by atoms with Gasteiger partial charge in [0.15, 0.2) is 5.65 Å². The fourth-order valence-corrected chi connectivity index (χ4v) is 3.07. The van der Waals surface area contributed by atoms with Crippen LogP contribution in [0.1, 0.15) is 11.3 Å². The number of pyridine rings is 1. The molecule has 0 saturated carbocycles. The van der Waals surface area contributed by atoms with Gasteiger partial charge in [0.05, 0.1) is 22.3 Å². The molecule has 4 rings (SSSR count). The van der Waals surface area contributed by atoms with E-state index in [1.807, 2.05) is 0 Å². The second-order valence-corrected chi connectivity index (χ2v) is 6.21. The highest BCUT2D eigenvalue weighted by atomic mass is 19.4. The minimum atomic E-state index is -4.68. The summed E-state index contributed by atoms with van der Waals surface area (Å²) in [5.41, 5.74) is -0.722. The zero-order chi connectivity index (χ0) is 20.1. The van der Waals surface area contributed by atoms with Crippen LogP contribution in [0.5, 0.6) is 0 Å². The van der Waals surface area contributed by atoms with Crippen LogP contribution in [0.4, 0.5) is 22.0 Å². The molecule has 28 heavy (non-hydrogen) atoms. The standard InChI is InChI=1S/C20H12F5N3/c1-11-18-14(20(23,24)25)10-16(12-6-8-13(21)9-7-12)26-19(18)28(27-11)17-5-3-2-4-15(17)22/h2-10H,1H3. The Morgan fingerprint density at radius 3 is 2.25 bits per heavy atom. The maximum atomic E-state index is 14.3. The Hall–Kier alpha value is -3.29. The van der Waals surface area contributed by atoms with Crippen molar-refractivity contribution in [3.8, 4) is 16.9 Å². The number of alkyl halides is 3. The molecule has 0 spiro atoms. The van der Waals surface area contributed by atoms with Gasteiger partial charge in [-0.25, -0.2) is 18.4 Å². The smallest absolute Gasteiger partial charge is 0.228 e. The third-order valence-corrected chi connectivity index (χ3v) is 4.34. The fraction of sp³-hybridized carbons (Fsp3) is 0.100. The summed E-state index contributed by atoms with van der Waals surface area (Å²) in [7, 11) is 0. The number of hydrogen-bond donors (Lipinski definition) is 0. The lowest BCUT2D eigenvalue weighted by atomic mass is 10.1. The maximum absolute atomic E-state index is 14.3. The van der Waals surface area contributed by atoms with Gasteiger partial charge in [0.2, 0.25) is 0 Å². The average molecular weight is 389 g/mol. The van der Waals surface area contributed by atoms with Crippen molar-refractivity contribution in [1.29, 1.82) is 0 Å². The van der Waals surface area contributed by atoms with E-state index in [1.165, 1.54) is 37.3 Å². The average Bonchev–Trinajstić information content (AvgIpc) is 2.98. The van der Waals surface area contributed by atoms with Crippen LogP contribution < -0.4 is 0 Å². The molecule has 0 N–H and O–H groups in total. The molecule has 2 aromatic heterocycles. The molecular weight excluding hydrogens is 377 g/mol. The van der Waals surface area contributed by atoms with Crippen LogP contribution in [0.25, 0.3) is 28.0 Å². The lowest BCUT2D eigenvalue weighted by Gasteiger charge is -2.12. The lowest BCUT2D eigenvalue weighted by Crippen LogP contribution is -2.08. The predicted molar refractivity (Wildman–Crippen MR) is 94.0 cm³/mol. The molecule has 0 saturated heterocycles. The molecule has 0 aliphatic carbocycles. The van der Waals surface area contributed by atoms with Gasteiger partial charge in [0.1, 0.15) is 17.3 Å². The first-order valence-electron chi connectivity index (χ1n) is 8.24. The van der Waals surface area contributed by atoms with Crippen LogP contribution in [0.3, 0.4) is 0 Å². The summed E-state index contributed by atoms with van der Waals surface area (Å²) >= 11 is 0. The summed E-state index contributed by atoms with van der Waals surface area (Å²) in [6.45, 7) is 1.41. The largest absolute Gasteiger partial charge is 0.417 e. The number of benzene rings is 2. The fourth-order valence-electron chi connectivity index (χ4n) is 3.07. The Labute approximate surface area is 156 Å². The van der Waals surface area contributed by atoms with Gasteiger partial charge in [-0.3, -0.25) is 0 Å². The van der Waals surface area contributed by atoms with Crippen LogP contribution >= 0.6 is 0 Å². The van der Waals surface area contributed by atoms with Crippen molar-refractivity contribution < 1.29 is 22.0 Å². The number of hydrogen-bond acceptors (Lipinski definition) is 2. The second kappa shape index (κ2) is 6.40. The first-order valence-corrected chi connectivity index (χ1v) is 8.24. The summed E-state index contributed by atoms with van der Waals surface area (Å²) in [5.74, 6) is -1.16. The number of aryl methyl sites for hydroxylation is 1. The number of halogens is 5. The van der Waals surface area contributed by atoms with Crippen LogP contribution in [-0.4, -0.2) is 14.8 Å². The SMILES string of the molecule is Cc1nn(-c2ccccc2F)c2nc(-c3ccc(F)cc3)cc(C(F)(F)F)c12. The van der Waals surface area contributed by atoms with Gasteiger partial charge in [-0.2, -0.15) is 18.3 Å². The highest BCUT2D eigenvalue weighted by Crippen LogP contribution is 2.38. The van der Waals surface area contributed by atoms with Crippen molar-refractivity contribution >= 4 is 11.0 Å². The highest BCUT2D eigenvalue weighted by molar-refractivity contribution is 5.87. The van der Waals surface area contributed by atoms with E-state index in [0.717, 1.165) is 22.9 Å². The molecular formula is C20H12F5N3. The van der Waals surface area contributed by atoms with E-state index in [-0.39, 0.29) is 28.1 Å².